The second-order valence-corrected chi connectivity index (χ2v) is 8.97. The van der Waals surface area contributed by atoms with Gasteiger partial charge in [0.25, 0.3) is 0 Å². The molecule has 0 atom stereocenters. The average Bonchev–Trinajstić information content (AvgIpc) is 2.90. The van der Waals surface area contributed by atoms with Crippen LogP contribution in [0.15, 0.2) is 104 Å². The maximum atomic E-state index is 13.0. The summed E-state index contributed by atoms with van der Waals surface area (Å²) in [4.78, 5) is 17.5. The number of likely N-dealkylation sites (tertiary alicyclic amines) is 1. The largest absolute Gasteiger partial charge is 0.322 e. The van der Waals surface area contributed by atoms with Crippen molar-refractivity contribution >= 4 is 11.7 Å². The van der Waals surface area contributed by atoms with Gasteiger partial charge >= 0.3 is 6.03 Å². The van der Waals surface area contributed by atoms with Gasteiger partial charge in [-0.15, -0.1) is 6.58 Å². The monoisotopic (exact) mass is 453 g/mol. The molecule has 4 nitrogen and oxygen atoms in total. The van der Waals surface area contributed by atoms with E-state index >= 15 is 0 Å². The second-order valence-electron chi connectivity index (χ2n) is 8.97. The van der Waals surface area contributed by atoms with Crippen molar-refractivity contribution in [3.8, 4) is 0 Å². The Kier molecular flexibility index (Phi) is 8.53. The van der Waals surface area contributed by atoms with Crippen LogP contribution in [0.25, 0.3) is 0 Å². The number of piperidine rings is 1. The fourth-order valence-corrected chi connectivity index (χ4v) is 4.92. The average molecular weight is 454 g/mol. The maximum absolute atomic E-state index is 13.0. The first-order valence-electron chi connectivity index (χ1n) is 12.3. The quantitative estimate of drug-likeness (QED) is 0.381. The molecule has 1 N–H and O–H groups in total. The van der Waals surface area contributed by atoms with Gasteiger partial charge in [-0.1, -0.05) is 84.9 Å². The van der Waals surface area contributed by atoms with Crippen LogP contribution in [-0.4, -0.2) is 48.1 Å². The van der Waals surface area contributed by atoms with E-state index in [1.807, 2.05) is 41.3 Å². The minimum atomic E-state index is -0.0437. The molecule has 1 fully saturated rings. The van der Waals surface area contributed by atoms with Crippen LogP contribution < -0.4 is 5.32 Å². The van der Waals surface area contributed by atoms with E-state index in [1.54, 1.807) is 0 Å². The number of anilines is 1. The van der Waals surface area contributed by atoms with E-state index in [9.17, 15) is 4.79 Å². The predicted octanol–water partition coefficient (Wildman–Crippen LogP) is 6.39. The van der Waals surface area contributed by atoms with Gasteiger partial charge in [-0.25, -0.2) is 4.79 Å². The van der Waals surface area contributed by atoms with Gasteiger partial charge in [0.05, 0.1) is 0 Å². The SMILES string of the molecule is C=CCN(C(=O)Nc1ccccc1)C1CCN(CCC(c2ccccc2)c2ccccc2)CC1. The Hall–Kier alpha value is -3.37. The third-order valence-electron chi connectivity index (χ3n) is 6.75. The molecular formula is C30H35N3O. The highest BCUT2D eigenvalue weighted by Gasteiger charge is 2.28. The molecule has 2 amide bonds. The van der Waals surface area contributed by atoms with E-state index in [4.69, 9.17) is 0 Å². The number of nitrogens with zero attached hydrogens (tertiary/aromatic N) is 2. The number of benzene rings is 3. The molecule has 4 rings (SSSR count). The fourth-order valence-electron chi connectivity index (χ4n) is 4.92. The third kappa shape index (κ3) is 6.36. The van der Waals surface area contributed by atoms with Gasteiger partial charge in [0, 0.05) is 37.3 Å². The van der Waals surface area contributed by atoms with Gasteiger partial charge in [-0.2, -0.15) is 0 Å². The van der Waals surface area contributed by atoms with Gasteiger partial charge in [0.2, 0.25) is 0 Å². The lowest BCUT2D eigenvalue weighted by molar-refractivity contribution is 0.132. The Morgan fingerprint density at radius 2 is 1.44 bits per heavy atom. The Labute approximate surface area is 203 Å². The molecule has 4 heteroatoms. The van der Waals surface area contributed by atoms with Crippen molar-refractivity contribution in [2.75, 3.05) is 31.5 Å². The Bertz CT molecular complexity index is 975. The number of carbonyl (C=O) groups excluding carboxylic acids is 1. The number of nitrogens with one attached hydrogen (secondary N) is 1. The van der Waals surface area contributed by atoms with Gasteiger partial charge in [0.1, 0.15) is 0 Å². The summed E-state index contributed by atoms with van der Waals surface area (Å²) in [7, 11) is 0. The summed E-state index contributed by atoms with van der Waals surface area (Å²) in [6, 6.07) is 31.5. The maximum Gasteiger partial charge on any atom is 0.322 e. The number of rotatable bonds is 9. The number of carbonyl (C=O) groups is 1. The molecule has 0 spiro atoms. The number of urea groups is 1. The highest BCUT2D eigenvalue weighted by molar-refractivity contribution is 5.89. The zero-order valence-electron chi connectivity index (χ0n) is 19.9. The van der Waals surface area contributed by atoms with Crippen LogP contribution in [0.4, 0.5) is 10.5 Å². The van der Waals surface area contributed by atoms with Crippen LogP contribution in [0.5, 0.6) is 0 Å². The summed E-state index contributed by atoms with van der Waals surface area (Å²) >= 11 is 0. The smallest absolute Gasteiger partial charge is 0.318 e. The Morgan fingerprint density at radius 3 is 1.97 bits per heavy atom. The summed E-state index contributed by atoms with van der Waals surface area (Å²) < 4.78 is 0. The lowest BCUT2D eigenvalue weighted by Gasteiger charge is -2.38. The predicted molar refractivity (Wildman–Crippen MR) is 141 cm³/mol. The van der Waals surface area contributed by atoms with Crippen molar-refractivity contribution in [3.05, 3.63) is 115 Å². The van der Waals surface area contributed by atoms with Crippen LogP contribution in [0.3, 0.4) is 0 Å². The molecule has 1 aliphatic heterocycles. The Morgan fingerprint density at radius 1 is 0.912 bits per heavy atom. The van der Waals surface area contributed by atoms with Crippen LogP contribution in [0.2, 0.25) is 0 Å². The molecule has 0 aromatic heterocycles. The van der Waals surface area contributed by atoms with E-state index in [0.29, 0.717) is 12.5 Å². The van der Waals surface area contributed by atoms with Crippen molar-refractivity contribution < 1.29 is 4.79 Å². The summed E-state index contributed by atoms with van der Waals surface area (Å²) in [5, 5.41) is 3.04. The van der Waals surface area contributed by atoms with Gasteiger partial charge in [-0.05, 0) is 49.1 Å². The van der Waals surface area contributed by atoms with Crippen molar-refractivity contribution in [2.24, 2.45) is 0 Å². The number of amides is 2. The van der Waals surface area contributed by atoms with E-state index in [2.05, 4.69) is 77.5 Å². The molecule has 3 aromatic rings. The van der Waals surface area contributed by atoms with E-state index in [-0.39, 0.29) is 12.1 Å². The van der Waals surface area contributed by atoms with Crippen molar-refractivity contribution in [1.82, 2.24) is 9.80 Å². The first-order chi connectivity index (χ1) is 16.7. The molecule has 176 valence electrons. The standard InChI is InChI=1S/C30H35N3O/c1-2-21-33(30(34)31-27-16-10-5-11-17-27)28-18-22-32(23-19-28)24-20-29(25-12-6-3-7-13-25)26-14-8-4-9-15-26/h2-17,28-29H,1,18-24H2,(H,31,34). The molecule has 0 saturated carbocycles. The molecule has 1 heterocycles. The fraction of sp³-hybridized carbons (Fsp3) is 0.300. The Balaban J connectivity index is 1.34. The number of para-hydroxylation sites is 1. The van der Waals surface area contributed by atoms with E-state index in [1.165, 1.54) is 11.1 Å². The number of hydrogen-bond donors (Lipinski definition) is 1. The van der Waals surface area contributed by atoms with Gasteiger partial charge in [-0.3, -0.25) is 0 Å². The van der Waals surface area contributed by atoms with Crippen LogP contribution in [-0.2, 0) is 0 Å². The van der Waals surface area contributed by atoms with Crippen molar-refractivity contribution in [2.45, 2.75) is 31.2 Å². The third-order valence-corrected chi connectivity index (χ3v) is 6.75. The lowest BCUT2D eigenvalue weighted by Crippen LogP contribution is -2.49. The first-order valence-corrected chi connectivity index (χ1v) is 12.3. The van der Waals surface area contributed by atoms with Crippen LogP contribution in [0.1, 0.15) is 36.3 Å². The molecule has 3 aromatic carbocycles. The summed E-state index contributed by atoms with van der Waals surface area (Å²) in [5.74, 6) is 0.397. The summed E-state index contributed by atoms with van der Waals surface area (Å²) in [6.45, 7) is 7.51. The normalized spacial score (nSPS) is 14.6. The molecule has 1 aliphatic rings. The first kappa shape index (κ1) is 23.8. The zero-order chi connectivity index (χ0) is 23.6. The highest BCUT2D eigenvalue weighted by atomic mass is 16.2. The van der Waals surface area contributed by atoms with Gasteiger partial charge in [0.15, 0.2) is 0 Å². The summed E-state index contributed by atoms with van der Waals surface area (Å²) in [5.41, 5.74) is 3.57. The topological polar surface area (TPSA) is 35.6 Å². The van der Waals surface area contributed by atoms with E-state index in [0.717, 1.165) is 44.6 Å². The molecule has 34 heavy (non-hydrogen) atoms. The van der Waals surface area contributed by atoms with Crippen molar-refractivity contribution in [1.29, 1.82) is 0 Å². The minimum absolute atomic E-state index is 0.0437. The van der Waals surface area contributed by atoms with Crippen LogP contribution >= 0.6 is 0 Å². The molecule has 1 saturated heterocycles. The highest BCUT2D eigenvalue weighted by Crippen LogP contribution is 2.29. The molecular weight excluding hydrogens is 418 g/mol. The zero-order valence-corrected chi connectivity index (χ0v) is 19.9. The summed E-state index contributed by atoms with van der Waals surface area (Å²) in [6.07, 6.45) is 4.87. The van der Waals surface area contributed by atoms with E-state index < -0.39 is 0 Å². The molecule has 0 bridgehead atoms. The molecule has 0 unspecified atom stereocenters. The van der Waals surface area contributed by atoms with Crippen LogP contribution in [0, 0.1) is 0 Å². The van der Waals surface area contributed by atoms with Crippen molar-refractivity contribution in [3.63, 3.8) is 0 Å². The van der Waals surface area contributed by atoms with Gasteiger partial charge < -0.3 is 15.1 Å². The molecule has 0 radical (unpaired) electrons. The second kappa shape index (κ2) is 12.2. The minimum Gasteiger partial charge on any atom is -0.318 e. The number of hydrogen-bond acceptors (Lipinski definition) is 2. The lowest BCUT2D eigenvalue weighted by atomic mass is 9.88. The molecule has 0 aliphatic carbocycles.